The first-order chi connectivity index (χ1) is 22.4. The molecule has 10 nitrogen and oxygen atoms in total. The summed E-state index contributed by atoms with van der Waals surface area (Å²) in [6, 6.07) is 15.9. The van der Waals surface area contributed by atoms with Crippen LogP contribution < -0.4 is 25.4 Å². The second kappa shape index (κ2) is 13.0. The molecule has 2 aliphatic rings. The fourth-order valence-corrected chi connectivity index (χ4v) is 6.43. The Bertz CT molecular complexity index is 1840. The lowest BCUT2D eigenvalue weighted by Crippen LogP contribution is -2.50. The van der Waals surface area contributed by atoms with Crippen LogP contribution in [-0.2, 0) is 13.7 Å². The Morgan fingerprint density at radius 2 is 1.77 bits per heavy atom. The fraction of sp³-hybridized carbons (Fsp3) is 0.361. The van der Waals surface area contributed by atoms with Crippen LogP contribution in [-0.4, -0.2) is 71.3 Å². The van der Waals surface area contributed by atoms with Gasteiger partial charge in [0.1, 0.15) is 23.9 Å². The molecule has 4 heterocycles. The van der Waals surface area contributed by atoms with Crippen molar-refractivity contribution < 1.29 is 14.6 Å². The van der Waals surface area contributed by atoms with Crippen LogP contribution >= 0.6 is 11.6 Å². The van der Waals surface area contributed by atoms with Gasteiger partial charge >= 0.3 is 0 Å². The number of aryl methyl sites for hydroxylation is 1. The minimum absolute atomic E-state index is 0.221. The highest BCUT2D eigenvalue weighted by atomic mass is 35.5. The molecule has 47 heavy (non-hydrogen) atoms. The molecule has 1 atom stereocenters. The van der Waals surface area contributed by atoms with Crippen LogP contribution in [0.4, 0.5) is 22.9 Å². The average molecular weight is 657 g/mol. The monoisotopic (exact) mass is 656 g/mol. The van der Waals surface area contributed by atoms with Gasteiger partial charge in [-0.1, -0.05) is 44.5 Å². The van der Waals surface area contributed by atoms with E-state index in [9.17, 15) is 14.7 Å². The molecule has 0 bridgehead atoms. The summed E-state index contributed by atoms with van der Waals surface area (Å²) in [5.74, 6) is 0.756. The van der Waals surface area contributed by atoms with Gasteiger partial charge in [-0.25, -0.2) is 4.98 Å². The molecule has 11 heteroatoms. The number of ether oxygens (including phenoxy) is 1. The molecule has 2 aromatic carbocycles. The number of hydrogen-bond donors (Lipinski definition) is 2. The number of aliphatic hydroxyl groups is 1. The summed E-state index contributed by atoms with van der Waals surface area (Å²) < 4.78 is 7.67. The van der Waals surface area contributed by atoms with Crippen molar-refractivity contribution in [2.24, 2.45) is 12.5 Å². The molecule has 246 valence electrons. The van der Waals surface area contributed by atoms with E-state index in [1.165, 1.54) is 4.57 Å². The van der Waals surface area contributed by atoms with Crippen LogP contribution in [0.1, 0.15) is 36.7 Å². The molecule has 0 radical (unpaired) electrons. The van der Waals surface area contributed by atoms with Crippen molar-refractivity contribution in [1.29, 1.82) is 0 Å². The maximum atomic E-state index is 14.3. The lowest BCUT2D eigenvalue weighted by molar-refractivity contribution is 0.0953. The SMILES string of the molecule is CN1CCN(c2ccc(Nc3cc(-c4cccc(N5C(=O)c6cc(Cl)ccc6OCC5C(C)(C)C)c4CO)cn(C)c3=O)nc2)CC1. The summed E-state index contributed by atoms with van der Waals surface area (Å²) in [6.07, 6.45) is 3.56. The lowest BCUT2D eigenvalue weighted by Gasteiger charge is -2.39. The number of anilines is 4. The third-order valence-corrected chi connectivity index (χ3v) is 9.28. The average Bonchev–Trinajstić information content (AvgIpc) is 3.19. The summed E-state index contributed by atoms with van der Waals surface area (Å²) in [7, 11) is 3.81. The van der Waals surface area contributed by atoms with Gasteiger partial charge in [0.25, 0.3) is 11.5 Å². The number of benzene rings is 2. The topological polar surface area (TPSA) is 103 Å². The van der Waals surface area contributed by atoms with E-state index in [0.29, 0.717) is 50.2 Å². The van der Waals surface area contributed by atoms with Crippen molar-refractivity contribution in [1.82, 2.24) is 14.5 Å². The molecule has 0 aliphatic carbocycles. The predicted octanol–water partition coefficient (Wildman–Crippen LogP) is 5.54. The summed E-state index contributed by atoms with van der Waals surface area (Å²) in [5.41, 5.74) is 3.67. The van der Waals surface area contributed by atoms with E-state index in [2.05, 4.69) is 47.9 Å². The van der Waals surface area contributed by atoms with E-state index in [4.69, 9.17) is 16.3 Å². The van der Waals surface area contributed by atoms with E-state index in [1.54, 1.807) is 42.4 Å². The van der Waals surface area contributed by atoms with E-state index < -0.39 is 0 Å². The van der Waals surface area contributed by atoms with Crippen LogP contribution in [0.25, 0.3) is 11.1 Å². The minimum Gasteiger partial charge on any atom is -0.491 e. The number of rotatable bonds is 6. The Morgan fingerprint density at radius 1 is 1.00 bits per heavy atom. The zero-order valence-electron chi connectivity index (χ0n) is 27.5. The van der Waals surface area contributed by atoms with Gasteiger partial charge in [0, 0.05) is 55.6 Å². The maximum Gasteiger partial charge on any atom is 0.274 e. The fourth-order valence-electron chi connectivity index (χ4n) is 6.26. The van der Waals surface area contributed by atoms with E-state index in [-0.39, 0.29) is 36.1 Å². The Kier molecular flexibility index (Phi) is 9.02. The molecule has 1 saturated heterocycles. The van der Waals surface area contributed by atoms with Crippen LogP contribution in [0.3, 0.4) is 0 Å². The van der Waals surface area contributed by atoms with Crippen LogP contribution in [0, 0.1) is 5.41 Å². The number of piperazine rings is 1. The quantitative estimate of drug-likeness (QED) is 0.279. The van der Waals surface area contributed by atoms with E-state index in [0.717, 1.165) is 31.9 Å². The lowest BCUT2D eigenvalue weighted by atomic mass is 9.85. The number of hydrogen-bond acceptors (Lipinski definition) is 8. The largest absolute Gasteiger partial charge is 0.491 e. The second-order valence-electron chi connectivity index (χ2n) is 13.3. The van der Waals surface area contributed by atoms with Crippen molar-refractivity contribution in [3.63, 3.8) is 0 Å². The van der Waals surface area contributed by atoms with Crippen molar-refractivity contribution >= 4 is 40.4 Å². The number of amides is 1. The predicted molar refractivity (Wildman–Crippen MR) is 187 cm³/mol. The standard InChI is InChI=1S/C36H41ClN6O4/c1-36(2,3)32-22-47-31-11-9-24(37)18-27(31)34(45)43(32)30-8-6-7-26(28(30)21-44)23-17-29(35(46)41(5)20-23)39-33-12-10-25(19-38-33)42-15-13-40(4)14-16-42/h6-12,17-20,32,44H,13-16,21-22H2,1-5H3,(H,38,39). The molecule has 2 aliphatic heterocycles. The minimum atomic E-state index is -0.370. The third-order valence-electron chi connectivity index (χ3n) is 9.04. The van der Waals surface area contributed by atoms with Crippen LogP contribution in [0.15, 0.2) is 71.8 Å². The molecule has 1 fully saturated rings. The van der Waals surface area contributed by atoms with Gasteiger partial charge in [0.2, 0.25) is 0 Å². The molecule has 0 saturated carbocycles. The van der Waals surface area contributed by atoms with Gasteiger partial charge in [-0.3, -0.25) is 9.59 Å². The number of pyridine rings is 2. The third kappa shape index (κ3) is 6.58. The highest BCUT2D eigenvalue weighted by molar-refractivity contribution is 6.31. The second-order valence-corrected chi connectivity index (χ2v) is 13.8. The number of fused-ring (bicyclic) bond motifs is 1. The molecule has 1 unspecified atom stereocenters. The molecule has 6 rings (SSSR count). The van der Waals surface area contributed by atoms with Crippen LogP contribution in [0.5, 0.6) is 5.75 Å². The number of aliphatic hydroxyl groups excluding tert-OH is 1. The highest BCUT2D eigenvalue weighted by Gasteiger charge is 2.40. The first kappa shape index (κ1) is 32.6. The molecule has 0 spiro atoms. The Balaban J connectivity index is 1.38. The number of likely N-dealkylation sites (N-methyl/N-ethyl adjacent to an activating group) is 1. The summed E-state index contributed by atoms with van der Waals surface area (Å²) in [5, 5.41) is 14.5. The molecular weight excluding hydrogens is 616 g/mol. The normalized spacial score (nSPS) is 17.3. The molecule has 2 N–H and O–H groups in total. The Morgan fingerprint density at radius 3 is 2.45 bits per heavy atom. The summed E-state index contributed by atoms with van der Waals surface area (Å²) >= 11 is 6.32. The van der Waals surface area contributed by atoms with Gasteiger partial charge in [-0.05, 0) is 60.5 Å². The van der Waals surface area contributed by atoms with Gasteiger partial charge in [0.05, 0.1) is 35.8 Å². The zero-order valence-corrected chi connectivity index (χ0v) is 28.2. The van der Waals surface area contributed by atoms with E-state index >= 15 is 0 Å². The van der Waals surface area contributed by atoms with Gasteiger partial charge in [-0.15, -0.1) is 0 Å². The first-order valence-corrected chi connectivity index (χ1v) is 16.2. The zero-order chi connectivity index (χ0) is 33.5. The van der Waals surface area contributed by atoms with Gasteiger partial charge in [0.15, 0.2) is 0 Å². The van der Waals surface area contributed by atoms with Gasteiger partial charge < -0.3 is 34.4 Å². The van der Waals surface area contributed by atoms with Crippen LogP contribution in [0.2, 0.25) is 5.02 Å². The first-order valence-electron chi connectivity index (χ1n) is 15.8. The van der Waals surface area contributed by atoms with E-state index in [1.807, 2.05) is 36.5 Å². The van der Waals surface area contributed by atoms with Gasteiger partial charge in [-0.2, -0.15) is 0 Å². The number of nitrogens with one attached hydrogen (secondary N) is 1. The smallest absolute Gasteiger partial charge is 0.274 e. The number of halogens is 1. The number of carbonyl (C=O) groups is 1. The maximum absolute atomic E-state index is 14.3. The molecule has 1 amide bonds. The Hall–Kier alpha value is -4.38. The van der Waals surface area contributed by atoms with Crippen molar-refractivity contribution in [2.45, 2.75) is 33.4 Å². The van der Waals surface area contributed by atoms with Crippen molar-refractivity contribution in [2.75, 3.05) is 55.0 Å². The molecule has 2 aromatic heterocycles. The number of nitrogens with zero attached hydrogens (tertiary/aromatic N) is 5. The summed E-state index contributed by atoms with van der Waals surface area (Å²) in [6.45, 7) is 9.97. The molecular formula is C36H41ClN6O4. The van der Waals surface area contributed by atoms with Crippen molar-refractivity contribution in [3.05, 3.63) is 93.5 Å². The van der Waals surface area contributed by atoms with Crippen molar-refractivity contribution in [3.8, 4) is 16.9 Å². The number of carbonyl (C=O) groups excluding carboxylic acids is 1. The Labute approximate surface area is 280 Å². The highest BCUT2D eigenvalue weighted by Crippen LogP contribution is 2.40. The summed E-state index contributed by atoms with van der Waals surface area (Å²) in [4.78, 5) is 38.5. The molecule has 4 aromatic rings. The number of aromatic nitrogens is 2.